The van der Waals surface area contributed by atoms with E-state index >= 15 is 0 Å². The smallest absolute Gasteiger partial charge is 0.328 e. The summed E-state index contributed by atoms with van der Waals surface area (Å²) in [5.74, 6) is 0.329. The molecule has 6 heteroatoms. The van der Waals surface area contributed by atoms with E-state index in [1.54, 1.807) is 19.9 Å². The summed E-state index contributed by atoms with van der Waals surface area (Å²) < 4.78 is 0. The summed E-state index contributed by atoms with van der Waals surface area (Å²) >= 11 is 0. The third kappa shape index (κ3) is 3.30. The molecule has 0 aliphatic rings. The molecule has 0 saturated heterocycles. The summed E-state index contributed by atoms with van der Waals surface area (Å²) in [7, 11) is 1.91. The van der Waals surface area contributed by atoms with Crippen molar-refractivity contribution < 1.29 is 9.90 Å². The molecule has 2 N–H and O–H groups in total. The van der Waals surface area contributed by atoms with Crippen LogP contribution in [0.4, 0.5) is 11.6 Å². The molecule has 17 heavy (non-hydrogen) atoms. The van der Waals surface area contributed by atoms with Gasteiger partial charge in [-0.05, 0) is 20.8 Å². The van der Waals surface area contributed by atoms with Crippen LogP contribution < -0.4 is 10.2 Å². The summed E-state index contributed by atoms with van der Waals surface area (Å²) in [6.07, 6.45) is 1.42. The zero-order valence-electron chi connectivity index (χ0n) is 10.6. The predicted octanol–water partition coefficient (Wildman–Crippen LogP) is 1.21. The third-order valence-electron chi connectivity index (χ3n) is 2.49. The van der Waals surface area contributed by atoms with Crippen molar-refractivity contribution in [3.05, 3.63) is 12.4 Å². The Kier molecular flexibility index (Phi) is 3.88. The standard InChI is InChI=1S/C11H18N4O2/c1-5-15(4)9-6-8(12-7-13-9)14-11(2,3)10(16)17/h6-7H,5H2,1-4H3,(H,16,17)(H,12,13,14). The first-order valence-electron chi connectivity index (χ1n) is 5.41. The van der Waals surface area contributed by atoms with Crippen molar-refractivity contribution >= 4 is 17.6 Å². The summed E-state index contributed by atoms with van der Waals surface area (Å²) in [5, 5.41) is 11.9. The average Bonchev–Trinajstić information content (AvgIpc) is 2.27. The van der Waals surface area contributed by atoms with Gasteiger partial charge in [0.15, 0.2) is 0 Å². The van der Waals surface area contributed by atoms with Crippen LogP contribution in [0, 0.1) is 0 Å². The van der Waals surface area contributed by atoms with Crippen LogP contribution in [0.1, 0.15) is 20.8 Å². The zero-order chi connectivity index (χ0) is 13.1. The van der Waals surface area contributed by atoms with Crippen molar-refractivity contribution in [3.63, 3.8) is 0 Å². The van der Waals surface area contributed by atoms with E-state index in [2.05, 4.69) is 15.3 Å². The number of aliphatic carboxylic acids is 1. The van der Waals surface area contributed by atoms with Gasteiger partial charge in [-0.15, -0.1) is 0 Å². The van der Waals surface area contributed by atoms with Crippen LogP contribution in [-0.2, 0) is 4.79 Å². The predicted molar refractivity (Wildman–Crippen MR) is 66.3 cm³/mol. The molecule has 1 aromatic rings. The summed E-state index contributed by atoms with van der Waals surface area (Å²) in [6.45, 7) is 6.00. The van der Waals surface area contributed by atoms with E-state index in [1.807, 2.05) is 18.9 Å². The summed E-state index contributed by atoms with van der Waals surface area (Å²) in [5.41, 5.74) is -1.06. The quantitative estimate of drug-likeness (QED) is 0.802. The van der Waals surface area contributed by atoms with Crippen LogP contribution in [0.2, 0.25) is 0 Å². The van der Waals surface area contributed by atoms with Crippen LogP contribution in [0.25, 0.3) is 0 Å². The molecule has 0 saturated carbocycles. The largest absolute Gasteiger partial charge is 0.480 e. The Morgan fingerprint density at radius 2 is 2.18 bits per heavy atom. The molecule has 0 spiro atoms. The van der Waals surface area contributed by atoms with Crippen molar-refractivity contribution in [2.45, 2.75) is 26.3 Å². The van der Waals surface area contributed by atoms with Crippen LogP contribution in [0.5, 0.6) is 0 Å². The van der Waals surface area contributed by atoms with E-state index in [0.29, 0.717) is 5.82 Å². The fourth-order valence-corrected chi connectivity index (χ4v) is 1.16. The maximum Gasteiger partial charge on any atom is 0.328 e. The lowest BCUT2D eigenvalue weighted by Crippen LogP contribution is -2.40. The second kappa shape index (κ2) is 4.99. The lowest BCUT2D eigenvalue weighted by Gasteiger charge is -2.22. The number of aromatic nitrogens is 2. The fraction of sp³-hybridized carbons (Fsp3) is 0.545. The van der Waals surface area contributed by atoms with Crippen LogP contribution in [0.15, 0.2) is 12.4 Å². The first-order valence-corrected chi connectivity index (χ1v) is 5.41. The normalized spacial score (nSPS) is 11.1. The molecule has 0 aromatic carbocycles. The number of carbonyl (C=O) groups is 1. The van der Waals surface area contributed by atoms with E-state index in [9.17, 15) is 4.79 Å². The van der Waals surface area contributed by atoms with Crippen molar-refractivity contribution in [3.8, 4) is 0 Å². The second-order valence-electron chi connectivity index (χ2n) is 4.33. The highest BCUT2D eigenvalue weighted by Crippen LogP contribution is 2.16. The number of hydrogen-bond donors (Lipinski definition) is 2. The van der Waals surface area contributed by atoms with Gasteiger partial charge in [0, 0.05) is 19.7 Å². The van der Waals surface area contributed by atoms with Gasteiger partial charge in [-0.25, -0.2) is 14.8 Å². The van der Waals surface area contributed by atoms with Crippen LogP contribution in [0.3, 0.4) is 0 Å². The highest BCUT2D eigenvalue weighted by Gasteiger charge is 2.27. The van der Waals surface area contributed by atoms with Gasteiger partial charge in [0.05, 0.1) is 0 Å². The number of nitrogens with zero attached hydrogens (tertiary/aromatic N) is 3. The molecule has 0 amide bonds. The molecule has 1 rings (SSSR count). The van der Waals surface area contributed by atoms with Crippen LogP contribution >= 0.6 is 0 Å². The number of hydrogen-bond acceptors (Lipinski definition) is 5. The van der Waals surface area contributed by atoms with Crippen molar-refractivity contribution in [1.82, 2.24) is 9.97 Å². The number of carboxylic acids is 1. The van der Waals surface area contributed by atoms with E-state index in [1.165, 1.54) is 6.33 Å². The SMILES string of the molecule is CCN(C)c1cc(NC(C)(C)C(=O)O)ncn1. The monoisotopic (exact) mass is 238 g/mol. The number of anilines is 2. The first-order chi connectivity index (χ1) is 7.86. The number of carboxylic acid groups (broad SMARTS) is 1. The molecule has 0 unspecified atom stereocenters. The minimum atomic E-state index is -1.06. The lowest BCUT2D eigenvalue weighted by atomic mass is 10.1. The van der Waals surface area contributed by atoms with Gasteiger partial charge in [0.2, 0.25) is 0 Å². The molecule has 0 bridgehead atoms. The Morgan fingerprint density at radius 3 is 2.71 bits per heavy atom. The average molecular weight is 238 g/mol. The van der Waals surface area contributed by atoms with Gasteiger partial charge in [-0.2, -0.15) is 0 Å². The highest BCUT2D eigenvalue weighted by atomic mass is 16.4. The summed E-state index contributed by atoms with van der Waals surface area (Å²) in [6, 6.07) is 1.73. The molecular weight excluding hydrogens is 220 g/mol. The molecular formula is C11H18N4O2. The van der Waals surface area contributed by atoms with Crippen LogP contribution in [-0.4, -0.2) is 40.2 Å². The molecule has 1 aromatic heterocycles. The molecule has 0 fully saturated rings. The molecule has 1 heterocycles. The lowest BCUT2D eigenvalue weighted by molar-refractivity contribution is -0.141. The van der Waals surface area contributed by atoms with E-state index < -0.39 is 11.5 Å². The minimum Gasteiger partial charge on any atom is -0.480 e. The molecule has 94 valence electrons. The molecule has 0 radical (unpaired) electrons. The Morgan fingerprint density at radius 1 is 1.53 bits per heavy atom. The Bertz CT molecular complexity index is 406. The molecule has 6 nitrogen and oxygen atoms in total. The highest BCUT2D eigenvalue weighted by molar-refractivity contribution is 5.81. The number of nitrogens with one attached hydrogen (secondary N) is 1. The summed E-state index contributed by atoms with van der Waals surface area (Å²) in [4.78, 5) is 21.1. The molecule has 0 aliphatic heterocycles. The Hall–Kier alpha value is -1.85. The maximum atomic E-state index is 11.0. The van der Waals surface area contributed by atoms with Gasteiger partial charge in [0.1, 0.15) is 23.5 Å². The van der Waals surface area contributed by atoms with Gasteiger partial charge < -0.3 is 15.3 Å². The Balaban J connectivity index is 2.89. The zero-order valence-corrected chi connectivity index (χ0v) is 10.6. The second-order valence-corrected chi connectivity index (χ2v) is 4.33. The van der Waals surface area contributed by atoms with Crippen molar-refractivity contribution in [2.24, 2.45) is 0 Å². The Labute approximate surface area is 101 Å². The first kappa shape index (κ1) is 13.2. The van der Waals surface area contributed by atoms with E-state index in [0.717, 1.165) is 12.4 Å². The van der Waals surface area contributed by atoms with E-state index in [-0.39, 0.29) is 0 Å². The third-order valence-corrected chi connectivity index (χ3v) is 2.49. The topological polar surface area (TPSA) is 78.4 Å². The minimum absolute atomic E-state index is 0.503. The molecule has 0 atom stereocenters. The van der Waals surface area contributed by atoms with Crippen molar-refractivity contribution in [1.29, 1.82) is 0 Å². The maximum absolute atomic E-state index is 11.0. The van der Waals surface area contributed by atoms with Gasteiger partial charge in [-0.1, -0.05) is 0 Å². The number of rotatable bonds is 5. The molecule has 0 aliphatic carbocycles. The van der Waals surface area contributed by atoms with Gasteiger partial charge in [0.25, 0.3) is 0 Å². The fourth-order valence-electron chi connectivity index (χ4n) is 1.16. The van der Waals surface area contributed by atoms with Crippen molar-refractivity contribution in [2.75, 3.05) is 23.8 Å². The van der Waals surface area contributed by atoms with E-state index in [4.69, 9.17) is 5.11 Å². The van der Waals surface area contributed by atoms with Gasteiger partial charge in [-0.3, -0.25) is 0 Å². The van der Waals surface area contributed by atoms with Gasteiger partial charge >= 0.3 is 5.97 Å².